The highest BCUT2D eigenvalue weighted by atomic mass is 16.2. The van der Waals surface area contributed by atoms with Crippen molar-refractivity contribution in [1.29, 1.82) is 0 Å². The summed E-state index contributed by atoms with van der Waals surface area (Å²) in [6, 6.07) is 13.8. The summed E-state index contributed by atoms with van der Waals surface area (Å²) in [6.45, 7) is 0.221. The SMILES string of the molecule is CN(C)C(=O)c1cccc(NC(=O)CCn2cnc3ccccc3c2=O)c1. The van der Waals surface area contributed by atoms with Gasteiger partial charge in [0.15, 0.2) is 0 Å². The normalized spacial score (nSPS) is 10.6. The van der Waals surface area contributed by atoms with Crippen molar-refractivity contribution in [2.24, 2.45) is 0 Å². The van der Waals surface area contributed by atoms with Crippen LogP contribution in [0.1, 0.15) is 16.8 Å². The van der Waals surface area contributed by atoms with Gasteiger partial charge in [-0.15, -0.1) is 0 Å². The molecule has 3 aromatic rings. The number of aromatic nitrogens is 2. The highest BCUT2D eigenvalue weighted by Crippen LogP contribution is 2.12. The lowest BCUT2D eigenvalue weighted by molar-refractivity contribution is -0.116. The number of hydrogen-bond acceptors (Lipinski definition) is 4. The summed E-state index contributed by atoms with van der Waals surface area (Å²) >= 11 is 0. The lowest BCUT2D eigenvalue weighted by Crippen LogP contribution is -2.24. The van der Waals surface area contributed by atoms with E-state index in [0.29, 0.717) is 22.2 Å². The molecular formula is C20H20N4O3. The third-order valence-corrected chi connectivity index (χ3v) is 4.11. The molecule has 0 radical (unpaired) electrons. The van der Waals surface area contributed by atoms with Crippen LogP contribution in [0.3, 0.4) is 0 Å². The Morgan fingerprint density at radius 1 is 1.11 bits per heavy atom. The molecule has 1 aromatic heterocycles. The summed E-state index contributed by atoms with van der Waals surface area (Å²) in [5.74, 6) is -0.385. The molecule has 0 fully saturated rings. The number of aryl methyl sites for hydroxylation is 1. The van der Waals surface area contributed by atoms with Gasteiger partial charge in [-0.2, -0.15) is 0 Å². The molecule has 3 rings (SSSR count). The van der Waals surface area contributed by atoms with Crippen molar-refractivity contribution in [3.05, 3.63) is 70.8 Å². The Hall–Kier alpha value is -3.48. The number of benzene rings is 2. The maximum Gasteiger partial charge on any atom is 0.261 e. The molecule has 0 aliphatic heterocycles. The summed E-state index contributed by atoms with van der Waals surface area (Å²) in [4.78, 5) is 42.4. The largest absolute Gasteiger partial charge is 0.345 e. The van der Waals surface area contributed by atoms with Crippen LogP contribution >= 0.6 is 0 Å². The molecule has 0 bridgehead atoms. The van der Waals surface area contributed by atoms with E-state index in [2.05, 4.69) is 10.3 Å². The third-order valence-electron chi connectivity index (χ3n) is 4.11. The van der Waals surface area contributed by atoms with Gasteiger partial charge in [-0.25, -0.2) is 4.98 Å². The molecule has 27 heavy (non-hydrogen) atoms. The number of rotatable bonds is 5. The molecule has 7 nitrogen and oxygen atoms in total. The summed E-state index contributed by atoms with van der Waals surface area (Å²) in [5, 5.41) is 3.28. The van der Waals surface area contributed by atoms with Gasteiger partial charge in [0.2, 0.25) is 5.91 Å². The van der Waals surface area contributed by atoms with Crippen molar-refractivity contribution >= 4 is 28.4 Å². The Kier molecular flexibility index (Phi) is 5.30. The first-order valence-corrected chi connectivity index (χ1v) is 8.51. The zero-order valence-corrected chi connectivity index (χ0v) is 15.2. The summed E-state index contributed by atoms with van der Waals surface area (Å²) in [7, 11) is 3.34. The molecule has 0 saturated heterocycles. The Labute approximate surface area is 156 Å². The number of nitrogens with one attached hydrogen (secondary N) is 1. The highest BCUT2D eigenvalue weighted by Gasteiger charge is 2.10. The molecule has 0 atom stereocenters. The number of para-hydroxylation sites is 1. The van der Waals surface area contributed by atoms with Crippen molar-refractivity contribution in [2.45, 2.75) is 13.0 Å². The molecule has 138 valence electrons. The van der Waals surface area contributed by atoms with Crippen LogP contribution in [0.2, 0.25) is 0 Å². The highest BCUT2D eigenvalue weighted by molar-refractivity contribution is 5.97. The van der Waals surface area contributed by atoms with E-state index in [1.54, 1.807) is 56.6 Å². The van der Waals surface area contributed by atoms with Crippen molar-refractivity contribution in [3.63, 3.8) is 0 Å². The lowest BCUT2D eigenvalue weighted by Gasteiger charge is -2.12. The maximum absolute atomic E-state index is 12.4. The number of carbonyl (C=O) groups is 2. The fourth-order valence-corrected chi connectivity index (χ4v) is 2.70. The van der Waals surface area contributed by atoms with Crippen LogP contribution in [-0.4, -0.2) is 40.4 Å². The molecule has 0 saturated carbocycles. The Bertz CT molecular complexity index is 1060. The van der Waals surface area contributed by atoms with Crippen LogP contribution < -0.4 is 10.9 Å². The van der Waals surface area contributed by atoms with Gasteiger partial charge < -0.3 is 10.2 Å². The first-order chi connectivity index (χ1) is 13.0. The van der Waals surface area contributed by atoms with E-state index in [1.807, 2.05) is 6.07 Å². The molecule has 2 aromatic carbocycles. The van der Waals surface area contributed by atoms with Gasteiger partial charge in [0, 0.05) is 38.3 Å². The fraction of sp³-hybridized carbons (Fsp3) is 0.200. The zero-order chi connectivity index (χ0) is 19.4. The third kappa shape index (κ3) is 4.20. The van der Waals surface area contributed by atoms with Crippen molar-refractivity contribution in [1.82, 2.24) is 14.5 Å². The average molecular weight is 364 g/mol. The molecule has 0 unspecified atom stereocenters. The Morgan fingerprint density at radius 2 is 1.89 bits per heavy atom. The van der Waals surface area contributed by atoms with Gasteiger partial charge in [-0.05, 0) is 30.3 Å². The first kappa shape index (κ1) is 18.3. The molecule has 1 heterocycles. The minimum absolute atomic E-state index is 0.117. The van der Waals surface area contributed by atoms with Crippen molar-refractivity contribution in [3.8, 4) is 0 Å². The van der Waals surface area contributed by atoms with E-state index in [1.165, 1.54) is 15.8 Å². The predicted molar refractivity (Wildman–Crippen MR) is 104 cm³/mol. The quantitative estimate of drug-likeness (QED) is 0.752. The number of nitrogens with zero attached hydrogens (tertiary/aromatic N) is 3. The van der Waals surface area contributed by atoms with Gasteiger partial charge >= 0.3 is 0 Å². The van der Waals surface area contributed by atoms with E-state index in [4.69, 9.17) is 0 Å². The molecular weight excluding hydrogens is 344 g/mol. The van der Waals surface area contributed by atoms with Gasteiger partial charge in [0.1, 0.15) is 0 Å². The van der Waals surface area contributed by atoms with Crippen LogP contribution in [0.4, 0.5) is 5.69 Å². The van der Waals surface area contributed by atoms with Gasteiger partial charge in [0.25, 0.3) is 11.5 Å². The summed E-state index contributed by atoms with van der Waals surface area (Å²) < 4.78 is 1.42. The molecule has 0 spiro atoms. The lowest BCUT2D eigenvalue weighted by atomic mass is 10.2. The molecule has 1 N–H and O–H groups in total. The smallest absolute Gasteiger partial charge is 0.261 e. The average Bonchev–Trinajstić information content (AvgIpc) is 2.67. The van der Waals surface area contributed by atoms with Crippen LogP contribution in [-0.2, 0) is 11.3 Å². The summed E-state index contributed by atoms with van der Waals surface area (Å²) in [6.07, 6.45) is 1.57. The fourth-order valence-electron chi connectivity index (χ4n) is 2.70. The second kappa shape index (κ2) is 7.82. The number of hydrogen-bond donors (Lipinski definition) is 1. The number of carbonyl (C=O) groups excluding carboxylic acids is 2. The Balaban J connectivity index is 1.67. The first-order valence-electron chi connectivity index (χ1n) is 8.51. The van der Waals surface area contributed by atoms with Crippen LogP contribution in [0, 0.1) is 0 Å². The van der Waals surface area contributed by atoms with Gasteiger partial charge in [0.05, 0.1) is 17.2 Å². The second-order valence-corrected chi connectivity index (χ2v) is 6.34. The van der Waals surface area contributed by atoms with E-state index in [9.17, 15) is 14.4 Å². The van der Waals surface area contributed by atoms with E-state index in [0.717, 1.165) is 0 Å². The molecule has 0 aliphatic carbocycles. The topological polar surface area (TPSA) is 84.3 Å². The maximum atomic E-state index is 12.4. The molecule has 0 aliphatic rings. The van der Waals surface area contributed by atoms with E-state index >= 15 is 0 Å². The number of amides is 2. The monoisotopic (exact) mass is 364 g/mol. The van der Waals surface area contributed by atoms with E-state index in [-0.39, 0.29) is 30.3 Å². The summed E-state index contributed by atoms with van der Waals surface area (Å²) in [5.41, 5.74) is 1.49. The second-order valence-electron chi connectivity index (χ2n) is 6.34. The predicted octanol–water partition coefficient (Wildman–Crippen LogP) is 2.13. The minimum Gasteiger partial charge on any atom is -0.345 e. The van der Waals surface area contributed by atoms with Gasteiger partial charge in [-0.1, -0.05) is 18.2 Å². The van der Waals surface area contributed by atoms with Crippen molar-refractivity contribution in [2.75, 3.05) is 19.4 Å². The van der Waals surface area contributed by atoms with Gasteiger partial charge in [-0.3, -0.25) is 19.0 Å². The van der Waals surface area contributed by atoms with Crippen LogP contribution in [0.15, 0.2) is 59.7 Å². The van der Waals surface area contributed by atoms with Crippen LogP contribution in [0.25, 0.3) is 10.9 Å². The zero-order valence-electron chi connectivity index (χ0n) is 15.2. The van der Waals surface area contributed by atoms with E-state index < -0.39 is 0 Å². The minimum atomic E-state index is -0.246. The molecule has 7 heteroatoms. The van der Waals surface area contributed by atoms with Crippen LogP contribution in [0.5, 0.6) is 0 Å². The number of fused-ring (bicyclic) bond motifs is 1. The Morgan fingerprint density at radius 3 is 2.67 bits per heavy atom. The standard InChI is InChI=1S/C20H20N4O3/c1-23(2)19(26)14-6-5-7-15(12-14)22-18(25)10-11-24-13-21-17-9-4-3-8-16(17)20(24)27/h3-9,12-13H,10-11H2,1-2H3,(H,22,25). The van der Waals surface area contributed by atoms with Crippen molar-refractivity contribution < 1.29 is 9.59 Å². The molecule has 2 amide bonds. The number of anilines is 1.